The number of nitrogens with one attached hydrogen (secondary N) is 1. The Kier molecular flexibility index (Phi) is 8.09. The molecule has 7 rings (SSSR count). The van der Waals surface area contributed by atoms with Crippen molar-refractivity contribution in [2.75, 3.05) is 25.5 Å². The molecule has 0 bridgehead atoms. The number of piperidine rings is 1. The van der Waals surface area contributed by atoms with Crippen molar-refractivity contribution in [3.05, 3.63) is 58.1 Å². The van der Waals surface area contributed by atoms with Crippen molar-refractivity contribution in [2.24, 2.45) is 11.7 Å². The van der Waals surface area contributed by atoms with Crippen LogP contribution in [0.1, 0.15) is 54.1 Å². The van der Waals surface area contributed by atoms with E-state index >= 15 is 0 Å². The fraction of sp³-hybridized carbons (Fsp3) is 0.433. The van der Waals surface area contributed by atoms with Crippen molar-refractivity contribution >= 4 is 45.6 Å². The fourth-order valence-electron chi connectivity index (χ4n) is 6.62. The lowest BCUT2D eigenvalue weighted by Gasteiger charge is -2.21. The zero-order valence-corrected chi connectivity index (χ0v) is 25.4. The van der Waals surface area contributed by atoms with Gasteiger partial charge in [0.2, 0.25) is 0 Å². The molecular weight excluding hydrogens is 643 g/mol. The van der Waals surface area contributed by atoms with Gasteiger partial charge in [-0.05, 0) is 31.4 Å². The zero-order chi connectivity index (χ0) is 34.8. The number of pyridine rings is 2. The number of aromatic nitrogens is 4. The third-order valence-electron chi connectivity index (χ3n) is 8.97. The molecule has 2 atom stereocenters. The third-order valence-corrected chi connectivity index (χ3v) is 8.97. The van der Waals surface area contributed by atoms with Crippen LogP contribution >= 0.6 is 0 Å². The maximum Gasteiger partial charge on any atom is 0.418 e. The summed E-state index contributed by atoms with van der Waals surface area (Å²) in [6, 6.07) is 5.90. The van der Waals surface area contributed by atoms with Crippen LogP contribution in [0.5, 0.6) is 0 Å². The van der Waals surface area contributed by atoms with E-state index in [9.17, 15) is 48.0 Å². The van der Waals surface area contributed by atoms with E-state index in [1.807, 2.05) is 0 Å². The predicted octanol–water partition coefficient (Wildman–Crippen LogP) is 2.09. The van der Waals surface area contributed by atoms with Gasteiger partial charge in [-0.2, -0.15) is 13.2 Å². The second-order valence-electron chi connectivity index (χ2n) is 12.2. The molecule has 3 aliphatic rings. The molecule has 1 aromatic carbocycles. The molecule has 15 nitrogen and oxygen atoms in total. The highest BCUT2D eigenvalue weighted by Crippen LogP contribution is 2.49. The van der Waals surface area contributed by atoms with Crippen molar-refractivity contribution in [3.8, 4) is 0 Å². The summed E-state index contributed by atoms with van der Waals surface area (Å²) < 4.78 is 47.7. The van der Waals surface area contributed by atoms with E-state index in [4.69, 9.17) is 0 Å². The van der Waals surface area contributed by atoms with Crippen molar-refractivity contribution in [1.82, 2.24) is 24.0 Å². The number of imidazole rings is 1. The maximum absolute atomic E-state index is 14.0. The molecule has 18 heteroatoms. The number of carbonyl (C=O) groups is 2. The van der Waals surface area contributed by atoms with Crippen molar-refractivity contribution in [1.29, 1.82) is 0 Å². The molecule has 1 saturated heterocycles. The van der Waals surface area contributed by atoms with Gasteiger partial charge >= 0.3 is 24.1 Å². The van der Waals surface area contributed by atoms with Gasteiger partial charge in [0.25, 0.3) is 5.91 Å². The summed E-state index contributed by atoms with van der Waals surface area (Å²) in [5.74, 6) is -0.694. The highest BCUT2D eigenvalue weighted by atomic mass is 19.4. The molecule has 4 aromatic rings. The molecule has 2 amide bonds. The number of β-amino-alcohol motifs (C(OH)–C–C–N with tert-alkyl or cyclic N) is 1. The minimum Gasteiger partial charge on any atom is -0.453 e. The largest absolute Gasteiger partial charge is 0.453 e. The smallest absolute Gasteiger partial charge is 0.418 e. The molecule has 3 fully saturated rings. The molecule has 0 spiro atoms. The van der Waals surface area contributed by atoms with Crippen LogP contribution in [0.25, 0.3) is 21.9 Å². The van der Waals surface area contributed by atoms with Crippen LogP contribution in [0.3, 0.4) is 0 Å². The average molecular weight is 676 g/mol. The van der Waals surface area contributed by atoms with Crippen molar-refractivity contribution < 1.29 is 47.9 Å². The number of alkyl halides is 3. The van der Waals surface area contributed by atoms with E-state index in [0.29, 0.717) is 23.8 Å². The van der Waals surface area contributed by atoms with Crippen LogP contribution in [-0.4, -0.2) is 82.2 Å². The first-order valence-corrected chi connectivity index (χ1v) is 15.0. The monoisotopic (exact) mass is 675 g/mol. The van der Waals surface area contributed by atoms with E-state index in [1.54, 1.807) is 0 Å². The van der Waals surface area contributed by atoms with E-state index in [0.717, 1.165) is 25.1 Å². The standard InChI is InChI=1S/C28H27F3N6O6.C2H5NO2/c29-27(30,31)18-7-3-6-16-17(24(38)35-12-14-10-26(14,40)13-35)8-22(34-23(16)18)33-21-9-19-20(11-32-21)37(28(41,42)43)25(39)36(19)15-4-1-2-5-15;1-5-2(3)4/h3,6-9,11,14-15,40-43H,1-2,4-5,10,12-13H2,(H,32,33,34);1H3,(H2,3,4). The Hall–Kier alpha value is -4.78. The molecular formula is C30H32F3N7O8. The van der Waals surface area contributed by atoms with Gasteiger partial charge in [-0.3, -0.25) is 9.36 Å². The lowest BCUT2D eigenvalue weighted by atomic mass is 10.0. The number of likely N-dealkylation sites (tertiary alicyclic amines) is 1. The second-order valence-corrected chi connectivity index (χ2v) is 12.2. The number of anilines is 2. The van der Waals surface area contributed by atoms with Crippen LogP contribution in [0.15, 0.2) is 41.3 Å². The van der Waals surface area contributed by atoms with Gasteiger partial charge in [0.1, 0.15) is 11.6 Å². The Morgan fingerprint density at radius 2 is 1.79 bits per heavy atom. The number of halogens is 3. The summed E-state index contributed by atoms with van der Waals surface area (Å²) in [4.78, 5) is 45.9. The lowest BCUT2D eigenvalue weighted by molar-refractivity contribution is -0.374. The number of nitrogens with two attached hydrogens (primary N) is 1. The minimum atomic E-state index is -4.77. The van der Waals surface area contributed by atoms with Gasteiger partial charge in [0.05, 0.1) is 53.1 Å². The quantitative estimate of drug-likeness (QED) is 0.168. The number of primary amides is 1. The SMILES string of the molecule is COC(N)=O.O=C(c1cc(Nc2cc3c(cn2)n(C(O)(O)O)c(=O)n3C2CCCC2)nc2c(C(F)(F)F)cccc12)N1CC2CC2(O)C1. The van der Waals surface area contributed by atoms with Gasteiger partial charge in [0.15, 0.2) is 0 Å². The summed E-state index contributed by atoms with van der Waals surface area (Å²) in [5, 5.41) is 43.0. The van der Waals surface area contributed by atoms with Crippen LogP contribution < -0.4 is 16.7 Å². The maximum atomic E-state index is 14.0. The van der Waals surface area contributed by atoms with E-state index in [2.05, 4.69) is 25.8 Å². The summed E-state index contributed by atoms with van der Waals surface area (Å²) in [5.41, 5.74) is 1.19. The first kappa shape index (κ1) is 33.1. The molecule has 2 unspecified atom stereocenters. The number of aliphatic hydroxyl groups is 4. The Bertz CT molecular complexity index is 1980. The Morgan fingerprint density at radius 3 is 2.38 bits per heavy atom. The molecule has 3 aromatic heterocycles. The number of hydrogen-bond acceptors (Lipinski definition) is 11. The summed E-state index contributed by atoms with van der Waals surface area (Å²) in [6.07, 6.45) is -4.34. The van der Waals surface area contributed by atoms with Crippen LogP contribution in [0.2, 0.25) is 0 Å². The van der Waals surface area contributed by atoms with Gasteiger partial charge in [0, 0.05) is 30.0 Å². The predicted molar refractivity (Wildman–Crippen MR) is 162 cm³/mol. The van der Waals surface area contributed by atoms with Gasteiger partial charge in [-0.15, -0.1) is 0 Å². The molecule has 48 heavy (non-hydrogen) atoms. The third kappa shape index (κ3) is 6.02. The topological polar surface area (TPSA) is 218 Å². The molecule has 7 N–H and O–H groups in total. The summed E-state index contributed by atoms with van der Waals surface area (Å²) in [7, 11) is 1.22. The van der Waals surface area contributed by atoms with Gasteiger partial charge < -0.3 is 41.1 Å². The number of methoxy groups -OCH3 is 1. The fourth-order valence-corrected chi connectivity index (χ4v) is 6.62. The highest BCUT2D eigenvalue weighted by Gasteiger charge is 2.60. The minimum absolute atomic E-state index is 0.00123. The number of amides is 2. The number of benzene rings is 1. The number of carbonyl (C=O) groups excluding carboxylic acids is 2. The van der Waals surface area contributed by atoms with Gasteiger partial charge in [-0.1, -0.05) is 25.0 Å². The molecule has 0 radical (unpaired) electrons. The first-order chi connectivity index (χ1) is 22.5. The second kappa shape index (κ2) is 11.7. The molecule has 4 heterocycles. The molecule has 256 valence electrons. The molecule has 1 aliphatic heterocycles. The normalized spacial score (nSPS) is 20.8. The number of hydrogen-bond donors (Lipinski definition) is 6. The summed E-state index contributed by atoms with van der Waals surface area (Å²) in [6.45, 7) is 0.370. The molecule has 2 aliphatic carbocycles. The Balaban J connectivity index is 0.000000749. The number of para-hydroxylation sites is 1. The van der Waals surface area contributed by atoms with E-state index in [1.165, 1.54) is 40.8 Å². The Labute approximate surface area is 269 Å². The number of fused-ring (bicyclic) bond motifs is 3. The van der Waals surface area contributed by atoms with Crippen LogP contribution in [-0.2, 0) is 17.0 Å². The lowest BCUT2D eigenvalue weighted by Crippen LogP contribution is -2.41. The van der Waals surface area contributed by atoms with Crippen molar-refractivity contribution in [2.45, 2.75) is 56.0 Å². The number of rotatable bonds is 5. The van der Waals surface area contributed by atoms with Crippen molar-refractivity contribution in [3.63, 3.8) is 0 Å². The highest BCUT2D eigenvalue weighted by molar-refractivity contribution is 6.08. The van der Waals surface area contributed by atoms with E-state index in [-0.39, 0.29) is 58.7 Å². The van der Waals surface area contributed by atoms with Crippen LogP contribution in [0, 0.1) is 5.92 Å². The first-order valence-electron chi connectivity index (χ1n) is 15.0. The summed E-state index contributed by atoms with van der Waals surface area (Å²) >= 11 is 0. The average Bonchev–Trinajstić information content (AvgIpc) is 3.38. The van der Waals surface area contributed by atoms with E-state index < -0.39 is 46.6 Å². The Morgan fingerprint density at radius 1 is 1.10 bits per heavy atom. The molecule has 2 saturated carbocycles. The zero-order valence-electron chi connectivity index (χ0n) is 25.4. The number of nitrogens with zero attached hydrogens (tertiary/aromatic N) is 5. The number of ether oxygens (including phenoxy) is 1. The van der Waals surface area contributed by atoms with Gasteiger partial charge in [-0.25, -0.2) is 24.1 Å². The van der Waals surface area contributed by atoms with Crippen LogP contribution in [0.4, 0.5) is 29.6 Å².